The van der Waals surface area contributed by atoms with Crippen LogP contribution in [-0.4, -0.2) is 44.3 Å². The van der Waals surface area contributed by atoms with E-state index in [-0.39, 0.29) is 53.4 Å². The number of aryl methyl sites for hydroxylation is 1. The zero-order valence-corrected chi connectivity index (χ0v) is 25.6. The Bertz CT molecular complexity index is 1730. The number of nitrogens with zero attached hydrogens (tertiary/aromatic N) is 2. The smallest absolute Gasteiger partial charge is 0.407 e. The van der Waals surface area contributed by atoms with Gasteiger partial charge in [0.1, 0.15) is 18.5 Å². The first-order chi connectivity index (χ1) is 20.0. The zero-order valence-electron chi connectivity index (χ0n) is 24.0. The van der Waals surface area contributed by atoms with Crippen LogP contribution in [-0.2, 0) is 39.4 Å². The number of hydrogen-bond donors (Lipinski definition) is 2. The first-order valence-corrected chi connectivity index (χ1v) is 16.6. The zero-order chi connectivity index (χ0) is 30.1. The number of carbonyl (C=O) groups is 2. The van der Waals surface area contributed by atoms with Gasteiger partial charge in [0.25, 0.3) is 5.56 Å². The van der Waals surface area contributed by atoms with Crippen molar-refractivity contribution in [3.63, 3.8) is 0 Å². The van der Waals surface area contributed by atoms with Crippen LogP contribution in [0.1, 0.15) is 73.0 Å². The fourth-order valence-corrected chi connectivity index (χ4v) is 8.27. The van der Waals surface area contributed by atoms with Gasteiger partial charge in [-0.2, -0.15) is 0 Å². The number of pyridine rings is 2. The minimum atomic E-state index is -1.96. The first-order valence-electron chi connectivity index (χ1n) is 14.0. The molecule has 0 saturated carbocycles. The molecule has 0 radical (unpaired) electrons. The van der Waals surface area contributed by atoms with Crippen molar-refractivity contribution in [3.8, 4) is 11.4 Å². The molecule has 222 valence electrons. The molecule has 2 aliphatic heterocycles. The maximum Gasteiger partial charge on any atom is 0.407 e. The molecule has 0 unspecified atom stereocenters. The van der Waals surface area contributed by atoms with Crippen LogP contribution in [0.5, 0.6) is 0 Å². The predicted molar refractivity (Wildman–Crippen MR) is 160 cm³/mol. The summed E-state index contributed by atoms with van der Waals surface area (Å²) >= 11 is 0. The summed E-state index contributed by atoms with van der Waals surface area (Å²) in [5.41, 5.74) is 2.31. The third-order valence-corrected chi connectivity index (χ3v) is 11.2. The average Bonchev–Trinajstić information content (AvgIpc) is 3.33. The predicted octanol–water partition coefficient (Wildman–Crippen LogP) is 5.03. The summed E-state index contributed by atoms with van der Waals surface area (Å²) in [6, 6.07) is 2.57. The van der Waals surface area contributed by atoms with E-state index in [1.54, 1.807) is 46.1 Å². The van der Waals surface area contributed by atoms with Crippen LogP contribution in [0, 0.1) is 12.7 Å². The Hall–Kier alpha value is -3.09. The Morgan fingerprint density at radius 2 is 2.07 bits per heavy atom. The van der Waals surface area contributed by atoms with Gasteiger partial charge in [0.05, 0.1) is 35.1 Å². The summed E-state index contributed by atoms with van der Waals surface area (Å²) in [5.74, 6) is -1.18. The van der Waals surface area contributed by atoms with Crippen LogP contribution in [0.3, 0.4) is 0 Å². The van der Waals surface area contributed by atoms with Crippen molar-refractivity contribution in [1.82, 2.24) is 14.9 Å². The second kappa shape index (κ2) is 10.6. The Balaban J connectivity index is 1.50. The highest BCUT2D eigenvalue weighted by molar-refractivity contribution is 8.76. The van der Waals surface area contributed by atoms with Gasteiger partial charge in [-0.15, -0.1) is 0 Å². The Kier molecular flexibility index (Phi) is 7.30. The van der Waals surface area contributed by atoms with Crippen LogP contribution >= 0.6 is 21.6 Å². The summed E-state index contributed by atoms with van der Waals surface area (Å²) in [5, 5.41) is 15.1. The largest absolute Gasteiger partial charge is 0.458 e. The number of halogens is 1. The van der Waals surface area contributed by atoms with E-state index in [1.165, 1.54) is 6.07 Å². The number of rotatable bonds is 6. The van der Waals surface area contributed by atoms with Gasteiger partial charge in [-0.25, -0.2) is 19.0 Å². The standard InChI is InChI=1S/C30H32FN3O6S2/c1-6-30(38)19-9-23-26-17(11-34(23)27(35)18(19)12-39-28(30)36)25-21(33-29(37)40-14(3)15(4)42-41-5)8-7-16-13(2)20(31)10-22(32-26)24(16)25/h9-10,14-15,21,38H,6-8,11-12H2,1-5H3,(H,33,37)/t14-,15-,21+,30+/m1/s1. The highest BCUT2D eigenvalue weighted by Crippen LogP contribution is 2.46. The number of alkyl carbamates (subject to hydrolysis) is 1. The van der Waals surface area contributed by atoms with Crippen molar-refractivity contribution in [1.29, 1.82) is 0 Å². The minimum absolute atomic E-state index is 0.0272. The number of benzene rings is 1. The van der Waals surface area contributed by atoms with Crippen LogP contribution in [0.2, 0.25) is 0 Å². The van der Waals surface area contributed by atoms with Gasteiger partial charge in [-0.3, -0.25) is 4.79 Å². The van der Waals surface area contributed by atoms with Crippen molar-refractivity contribution in [2.75, 3.05) is 6.26 Å². The van der Waals surface area contributed by atoms with Crippen LogP contribution in [0.4, 0.5) is 9.18 Å². The van der Waals surface area contributed by atoms with E-state index in [0.717, 1.165) is 22.1 Å². The molecule has 12 heteroatoms. The second-order valence-corrected chi connectivity index (χ2v) is 14.0. The number of ether oxygens (including phenoxy) is 2. The van der Waals surface area contributed by atoms with E-state index >= 15 is 4.39 Å². The van der Waals surface area contributed by atoms with Gasteiger partial charge in [0, 0.05) is 27.8 Å². The highest BCUT2D eigenvalue weighted by atomic mass is 33.1. The number of cyclic esters (lactones) is 1. The molecular weight excluding hydrogens is 581 g/mol. The normalized spacial score (nSPS) is 21.7. The number of hydrogen-bond acceptors (Lipinski definition) is 9. The van der Waals surface area contributed by atoms with Gasteiger partial charge in [0.15, 0.2) is 5.60 Å². The SMILES string of the molecule is CC[C@@]1(O)C(=O)OCc2c1cc1n(c2=O)Cc2c-1nc1cc(F)c(C)c3c1c2[C@@H](NC(=O)O[C@H](C)[C@@H](C)SSC)CC3. The van der Waals surface area contributed by atoms with Crippen molar-refractivity contribution >= 4 is 44.6 Å². The maximum atomic E-state index is 15.1. The summed E-state index contributed by atoms with van der Waals surface area (Å²) in [6.07, 6.45) is 2.18. The van der Waals surface area contributed by atoms with E-state index in [1.807, 2.05) is 20.1 Å². The molecule has 6 rings (SSSR count). The van der Waals surface area contributed by atoms with E-state index in [2.05, 4.69) is 5.32 Å². The number of amides is 1. The molecule has 1 aliphatic carbocycles. The van der Waals surface area contributed by atoms with Gasteiger partial charge in [-0.05, 0) is 69.0 Å². The van der Waals surface area contributed by atoms with Crippen LogP contribution in [0.15, 0.2) is 16.9 Å². The molecule has 0 bridgehead atoms. The summed E-state index contributed by atoms with van der Waals surface area (Å²) in [6.45, 7) is 7.19. The van der Waals surface area contributed by atoms with E-state index < -0.39 is 23.7 Å². The highest BCUT2D eigenvalue weighted by Gasteiger charge is 2.46. The quantitative estimate of drug-likeness (QED) is 0.228. The molecule has 1 amide bonds. The molecule has 42 heavy (non-hydrogen) atoms. The number of esters is 1. The fraction of sp³-hybridized carbons (Fsp3) is 0.467. The summed E-state index contributed by atoms with van der Waals surface area (Å²) in [4.78, 5) is 44.3. The third-order valence-electron chi connectivity index (χ3n) is 8.87. The summed E-state index contributed by atoms with van der Waals surface area (Å²) in [7, 11) is 3.24. The van der Waals surface area contributed by atoms with Crippen LogP contribution in [0.25, 0.3) is 22.3 Å². The molecular formula is C30H32FN3O6S2. The number of carbonyl (C=O) groups excluding carboxylic acids is 2. The molecule has 2 N–H and O–H groups in total. The molecule has 1 aromatic carbocycles. The van der Waals surface area contributed by atoms with Crippen molar-refractivity contribution in [2.24, 2.45) is 0 Å². The minimum Gasteiger partial charge on any atom is -0.458 e. The lowest BCUT2D eigenvalue weighted by molar-refractivity contribution is -0.172. The van der Waals surface area contributed by atoms with Crippen LogP contribution < -0.4 is 10.9 Å². The molecule has 9 nitrogen and oxygen atoms in total. The number of aromatic nitrogens is 2. The van der Waals surface area contributed by atoms with Gasteiger partial charge < -0.3 is 24.5 Å². The van der Waals surface area contributed by atoms with Crippen molar-refractivity contribution in [2.45, 2.75) is 83.1 Å². The first kappa shape index (κ1) is 29.0. The van der Waals surface area contributed by atoms with Gasteiger partial charge in [-0.1, -0.05) is 28.5 Å². The van der Waals surface area contributed by atoms with Crippen molar-refractivity contribution < 1.29 is 28.6 Å². The molecule has 0 spiro atoms. The lowest BCUT2D eigenvalue weighted by atomic mass is 9.81. The van der Waals surface area contributed by atoms with E-state index in [9.17, 15) is 19.5 Å². The fourth-order valence-electron chi connectivity index (χ4n) is 6.37. The molecule has 0 fully saturated rings. The molecule has 2 aromatic heterocycles. The molecule has 3 aromatic rings. The topological polar surface area (TPSA) is 120 Å². The number of fused-ring (bicyclic) bond motifs is 5. The number of aliphatic hydroxyl groups is 1. The lowest BCUT2D eigenvalue weighted by Gasteiger charge is -2.31. The molecule has 4 atom stereocenters. The summed E-state index contributed by atoms with van der Waals surface area (Å²) < 4.78 is 27.6. The Morgan fingerprint density at radius 3 is 2.79 bits per heavy atom. The van der Waals surface area contributed by atoms with Crippen molar-refractivity contribution in [3.05, 3.63) is 61.7 Å². The second-order valence-electron chi connectivity index (χ2n) is 11.1. The monoisotopic (exact) mass is 613 g/mol. The van der Waals surface area contributed by atoms with Gasteiger partial charge in [0.2, 0.25) is 0 Å². The maximum absolute atomic E-state index is 15.1. The van der Waals surface area contributed by atoms with Gasteiger partial charge >= 0.3 is 12.1 Å². The lowest BCUT2D eigenvalue weighted by Crippen LogP contribution is -2.44. The molecule has 3 aliphatic rings. The van der Waals surface area contributed by atoms with E-state index in [4.69, 9.17) is 14.5 Å². The molecule has 0 saturated heterocycles. The third kappa shape index (κ3) is 4.32. The Morgan fingerprint density at radius 1 is 1.31 bits per heavy atom. The molecule has 4 heterocycles. The number of nitrogens with one attached hydrogen (secondary N) is 1. The Labute approximate surface area is 250 Å². The van der Waals surface area contributed by atoms with E-state index in [0.29, 0.717) is 35.3 Å². The average molecular weight is 614 g/mol.